The number of nitrogens with zero attached hydrogens (tertiary/aromatic N) is 1. The number of likely N-dealkylation sites (tertiary alicyclic amines) is 1. The zero-order chi connectivity index (χ0) is 8.23. The highest BCUT2D eigenvalue weighted by atomic mass is 15.1. The van der Waals surface area contributed by atoms with Crippen LogP contribution < -0.4 is 4.90 Å². The Morgan fingerprint density at radius 2 is 1.67 bits per heavy atom. The summed E-state index contributed by atoms with van der Waals surface area (Å²) in [5, 5.41) is 0. The van der Waals surface area contributed by atoms with E-state index in [4.69, 9.17) is 0 Å². The lowest BCUT2D eigenvalue weighted by Gasteiger charge is -2.03. The van der Waals surface area contributed by atoms with Gasteiger partial charge >= 0.3 is 0 Å². The summed E-state index contributed by atoms with van der Waals surface area (Å²) >= 11 is 0. The molecule has 0 amide bonds. The molecule has 0 unspecified atom stereocenters. The molecule has 0 aromatic heterocycles. The van der Waals surface area contributed by atoms with Crippen molar-refractivity contribution in [3.63, 3.8) is 0 Å². The van der Waals surface area contributed by atoms with Gasteiger partial charge in [-0.2, -0.15) is 4.90 Å². The van der Waals surface area contributed by atoms with Crippen molar-refractivity contribution in [3.05, 3.63) is 35.9 Å². The first kappa shape index (κ1) is 7.81. The molecule has 0 aliphatic carbocycles. The molecule has 1 nitrogen and oxygen atoms in total. The van der Waals surface area contributed by atoms with Crippen LogP contribution in [0.25, 0.3) is 0 Å². The molecule has 0 saturated carbocycles. The lowest BCUT2D eigenvalue weighted by molar-refractivity contribution is 0.483. The molecule has 0 atom stereocenters. The van der Waals surface area contributed by atoms with Crippen LogP contribution in [0.15, 0.2) is 30.3 Å². The van der Waals surface area contributed by atoms with Crippen LogP contribution in [-0.2, 0) is 6.54 Å². The smallest absolute Gasteiger partial charge is 0.148 e. The molecule has 0 N–H and O–H groups in total. The van der Waals surface area contributed by atoms with Crippen molar-refractivity contribution in [1.29, 1.82) is 0 Å². The summed E-state index contributed by atoms with van der Waals surface area (Å²) in [5.74, 6) is 0. The molecule has 1 aromatic rings. The predicted octanol–water partition coefficient (Wildman–Crippen LogP) is 2.12. The highest BCUT2D eigenvalue weighted by molar-refractivity contribution is 5.14. The maximum atomic E-state index is 2.52. The van der Waals surface area contributed by atoms with Crippen LogP contribution in [0, 0.1) is 0 Å². The van der Waals surface area contributed by atoms with Gasteiger partial charge in [0.1, 0.15) is 19.6 Å². The lowest BCUT2D eigenvalue weighted by Crippen LogP contribution is -2.24. The van der Waals surface area contributed by atoms with Crippen molar-refractivity contribution in [2.24, 2.45) is 0 Å². The Kier molecular flexibility index (Phi) is 2.42. The fourth-order valence-corrected chi connectivity index (χ4v) is 1.78. The minimum absolute atomic E-state index is 1.14. The molecule has 1 heteroatoms. The van der Waals surface area contributed by atoms with E-state index in [1.807, 2.05) is 0 Å². The third-order valence-electron chi connectivity index (χ3n) is 2.45. The van der Waals surface area contributed by atoms with Gasteiger partial charge in [0.05, 0.1) is 0 Å². The monoisotopic (exact) mass is 161 g/mol. The first-order valence-corrected chi connectivity index (χ1v) is 4.71. The Hall–Kier alpha value is -0.820. The number of hydrogen-bond acceptors (Lipinski definition) is 1. The van der Waals surface area contributed by atoms with Gasteiger partial charge in [-0.25, -0.2) is 0 Å². The maximum Gasteiger partial charge on any atom is 0.148 e. The molecular weight excluding hydrogens is 146 g/mol. The molecule has 1 aliphatic rings. The van der Waals surface area contributed by atoms with E-state index in [0.29, 0.717) is 0 Å². The second-order valence-corrected chi connectivity index (χ2v) is 3.47. The number of benzene rings is 1. The largest absolute Gasteiger partial charge is 0.166 e. The standard InChI is InChI=1S/C11H15N/c1-2-6-11(7-3-1)10-12-8-4-5-9-12/h1-3,6-7H,4-5,8-10H2/q+1. The zero-order valence-corrected chi connectivity index (χ0v) is 7.37. The third kappa shape index (κ3) is 1.86. The third-order valence-corrected chi connectivity index (χ3v) is 2.45. The van der Waals surface area contributed by atoms with Gasteiger partial charge in [-0.05, 0) is 0 Å². The van der Waals surface area contributed by atoms with Crippen LogP contribution >= 0.6 is 0 Å². The molecule has 0 bridgehead atoms. The summed E-state index contributed by atoms with van der Waals surface area (Å²) < 4.78 is 0. The lowest BCUT2D eigenvalue weighted by atomic mass is 10.2. The minimum atomic E-state index is 1.14. The Labute approximate surface area is 74.0 Å². The van der Waals surface area contributed by atoms with Crippen LogP contribution in [0.5, 0.6) is 0 Å². The molecule has 1 saturated heterocycles. The summed E-state index contributed by atoms with van der Waals surface area (Å²) in [5.41, 5.74) is 1.44. The second-order valence-electron chi connectivity index (χ2n) is 3.47. The summed E-state index contributed by atoms with van der Waals surface area (Å²) in [6.45, 7) is 3.71. The van der Waals surface area contributed by atoms with Crippen molar-refractivity contribution >= 4 is 0 Å². The van der Waals surface area contributed by atoms with Crippen molar-refractivity contribution in [3.8, 4) is 0 Å². The Morgan fingerprint density at radius 1 is 1.00 bits per heavy atom. The fourth-order valence-electron chi connectivity index (χ4n) is 1.78. The maximum absolute atomic E-state index is 2.52. The first-order chi connectivity index (χ1) is 5.95. The molecule has 63 valence electrons. The zero-order valence-electron chi connectivity index (χ0n) is 7.37. The van der Waals surface area contributed by atoms with E-state index in [1.54, 1.807) is 0 Å². The van der Waals surface area contributed by atoms with Gasteiger partial charge in [-0.15, -0.1) is 0 Å². The molecule has 1 radical (unpaired) electrons. The van der Waals surface area contributed by atoms with E-state index in [0.717, 1.165) is 6.54 Å². The second kappa shape index (κ2) is 3.72. The average Bonchev–Trinajstić information content (AvgIpc) is 2.59. The quantitative estimate of drug-likeness (QED) is 0.586. The van der Waals surface area contributed by atoms with E-state index < -0.39 is 0 Å². The number of rotatable bonds is 2. The highest BCUT2D eigenvalue weighted by Gasteiger charge is 2.20. The molecular formula is C11H15N+. The normalized spacial score (nSPS) is 18.3. The molecule has 1 heterocycles. The molecule has 1 aliphatic heterocycles. The van der Waals surface area contributed by atoms with Gasteiger partial charge in [0, 0.05) is 18.4 Å². The summed E-state index contributed by atoms with van der Waals surface area (Å²) in [4.78, 5) is 2.52. The van der Waals surface area contributed by atoms with Crippen LogP contribution in [0.1, 0.15) is 18.4 Å². The van der Waals surface area contributed by atoms with Gasteiger partial charge in [-0.3, -0.25) is 0 Å². The average molecular weight is 161 g/mol. The van der Waals surface area contributed by atoms with E-state index in [2.05, 4.69) is 35.2 Å². The SMILES string of the molecule is c1ccc(C[N+]2CCCC2)cc1. The van der Waals surface area contributed by atoms with Gasteiger partial charge in [0.2, 0.25) is 0 Å². The van der Waals surface area contributed by atoms with E-state index in [1.165, 1.54) is 31.5 Å². The molecule has 0 spiro atoms. The van der Waals surface area contributed by atoms with Gasteiger partial charge in [0.15, 0.2) is 0 Å². The Balaban J connectivity index is 1.94. The Morgan fingerprint density at radius 3 is 2.33 bits per heavy atom. The van der Waals surface area contributed by atoms with Crippen molar-refractivity contribution in [2.45, 2.75) is 19.4 Å². The van der Waals surface area contributed by atoms with E-state index in [9.17, 15) is 0 Å². The summed E-state index contributed by atoms with van der Waals surface area (Å²) in [6.07, 6.45) is 2.76. The molecule has 1 aromatic carbocycles. The van der Waals surface area contributed by atoms with Crippen molar-refractivity contribution in [1.82, 2.24) is 4.90 Å². The summed E-state index contributed by atoms with van der Waals surface area (Å²) in [7, 11) is 0. The Bertz CT molecular complexity index is 224. The van der Waals surface area contributed by atoms with Crippen LogP contribution in [0.2, 0.25) is 0 Å². The van der Waals surface area contributed by atoms with E-state index in [-0.39, 0.29) is 0 Å². The molecule has 1 fully saturated rings. The minimum Gasteiger partial charge on any atom is -0.166 e. The van der Waals surface area contributed by atoms with Crippen molar-refractivity contribution < 1.29 is 0 Å². The van der Waals surface area contributed by atoms with E-state index >= 15 is 0 Å². The van der Waals surface area contributed by atoms with Crippen LogP contribution in [-0.4, -0.2) is 13.1 Å². The summed E-state index contributed by atoms with van der Waals surface area (Å²) in [6, 6.07) is 10.7. The van der Waals surface area contributed by atoms with Gasteiger partial charge in [-0.1, -0.05) is 30.3 Å². The topological polar surface area (TPSA) is 5.90 Å². The van der Waals surface area contributed by atoms with Crippen LogP contribution in [0.3, 0.4) is 0 Å². The highest BCUT2D eigenvalue weighted by Crippen LogP contribution is 2.09. The molecule has 12 heavy (non-hydrogen) atoms. The first-order valence-electron chi connectivity index (χ1n) is 4.71. The number of hydrogen-bond donors (Lipinski definition) is 0. The van der Waals surface area contributed by atoms with Gasteiger partial charge in [0.25, 0.3) is 0 Å². The van der Waals surface area contributed by atoms with Gasteiger partial charge < -0.3 is 0 Å². The van der Waals surface area contributed by atoms with Crippen LogP contribution in [0.4, 0.5) is 0 Å². The predicted molar refractivity (Wildman–Crippen MR) is 51.2 cm³/mol. The molecule has 2 rings (SSSR count). The van der Waals surface area contributed by atoms with Crippen molar-refractivity contribution in [2.75, 3.05) is 13.1 Å². The fraction of sp³-hybridized carbons (Fsp3) is 0.455.